The van der Waals surface area contributed by atoms with Crippen molar-refractivity contribution in [2.45, 2.75) is 56.3 Å². The number of nitrogen functional groups attached to an aromatic ring is 1. The van der Waals surface area contributed by atoms with Gasteiger partial charge in [0.15, 0.2) is 17.7 Å². The summed E-state index contributed by atoms with van der Waals surface area (Å²) in [5.74, 6) is -0.670. The van der Waals surface area contributed by atoms with Gasteiger partial charge in [-0.3, -0.25) is 9.36 Å². The van der Waals surface area contributed by atoms with Crippen LogP contribution in [0.5, 0.6) is 0 Å². The fourth-order valence-electron chi connectivity index (χ4n) is 3.14. The molecule has 1 saturated heterocycles. The molecule has 26 heavy (non-hydrogen) atoms. The highest BCUT2D eigenvalue weighted by Gasteiger charge is 2.44. The Bertz CT molecular complexity index is 783. The smallest absolute Gasteiger partial charge is 0.303 e. The largest absolute Gasteiger partial charge is 0.481 e. The van der Waals surface area contributed by atoms with Gasteiger partial charge in [0.05, 0.1) is 12.4 Å². The molecule has 11 heteroatoms. The predicted octanol–water partition coefficient (Wildman–Crippen LogP) is -1.000. The monoisotopic (exact) mass is 366 g/mol. The highest BCUT2D eigenvalue weighted by Crippen LogP contribution is 2.33. The molecule has 1 fully saturated rings. The van der Waals surface area contributed by atoms with E-state index >= 15 is 0 Å². The summed E-state index contributed by atoms with van der Waals surface area (Å²) in [5.41, 5.74) is 12.5. The van der Waals surface area contributed by atoms with Gasteiger partial charge in [-0.15, -0.1) is 0 Å². The number of imidazole rings is 1. The van der Waals surface area contributed by atoms with Crippen LogP contribution in [0.1, 0.15) is 31.9 Å². The van der Waals surface area contributed by atoms with E-state index in [1.807, 2.05) is 0 Å². The zero-order valence-corrected chi connectivity index (χ0v) is 14.0. The predicted molar refractivity (Wildman–Crippen MR) is 89.7 cm³/mol. The van der Waals surface area contributed by atoms with E-state index in [0.29, 0.717) is 24.0 Å². The molecule has 0 saturated carbocycles. The molecule has 0 aliphatic carbocycles. The van der Waals surface area contributed by atoms with E-state index in [1.165, 1.54) is 17.2 Å². The maximum Gasteiger partial charge on any atom is 0.303 e. The molecule has 1 aliphatic rings. The van der Waals surface area contributed by atoms with Crippen LogP contribution in [0.15, 0.2) is 12.7 Å². The summed E-state index contributed by atoms with van der Waals surface area (Å²) in [7, 11) is 0. The Morgan fingerprint density at radius 3 is 2.81 bits per heavy atom. The molecular formula is C15H22N6O5. The average Bonchev–Trinajstić information content (AvgIpc) is 3.12. The SMILES string of the molecule is Nc1ncnc2c1ncn2[C@@H]1O[C@H](C[C@@H](N)CCCC(=O)O)[C@@H](O)[C@H]1O. The van der Waals surface area contributed by atoms with Gasteiger partial charge >= 0.3 is 5.97 Å². The molecule has 3 heterocycles. The first-order chi connectivity index (χ1) is 12.4. The molecule has 1 aliphatic heterocycles. The molecule has 142 valence electrons. The van der Waals surface area contributed by atoms with Crippen molar-refractivity contribution in [3.8, 4) is 0 Å². The van der Waals surface area contributed by atoms with Gasteiger partial charge in [0, 0.05) is 12.5 Å². The van der Waals surface area contributed by atoms with E-state index in [1.54, 1.807) is 0 Å². The summed E-state index contributed by atoms with van der Waals surface area (Å²) in [6.07, 6.45) is 0.0433. The third-order valence-corrected chi connectivity index (χ3v) is 4.50. The fourth-order valence-corrected chi connectivity index (χ4v) is 3.14. The number of aliphatic carboxylic acids is 1. The Hall–Kier alpha value is -2.34. The first kappa shape index (κ1) is 18.5. The van der Waals surface area contributed by atoms with E-state index in [9.17, 15) is 15.0 Å². The lowest BCUT2D eigenvalue weighted by Crippen LogP contribution is -2.35. The number of hydrogen-bond donors (Lipinski definition) is 5. The number of carboxylic acids is 1. The molecule has 2 aromatic rings. The van der Waals surface area contributed by atoms with Crippen molar-refractivity contribution in [1.29, 1.82) is 0 Å². The number of nitrogens with zero attached hydrogens (tertiary/aromatic N) is 4. The Labute approximate surface area is 148 Å². The summed E-state index contributed by atoms with van der Waals surface area (Å²) in [4.78, 5) is 22.6. The van der Waals surface area contributed by atoms with Crippen LogP contribution in [-0.2, 0) is 9.53 Å². The van der Waals surface area contributed by atoms with E-state index in [2.05, 4.69) is 15.0 Å². The molecule has 2 aromatic heterocycles. The van der Waals surface area contributed by atoms with Crippen LogP contribution in [0, 0.1) is 0 Å². The maximum atomic E-state index is 10.6. The Morgan fingerprint density at radius 2 is 2.08 bits per heavy atom. The van der Waals surface area contributed by atoms with Gasteiger partial charge < -0.3 is 31.5 Å². The number of hydrogen-bond acceptors (Lipinski definition) is 9. The van der Waals surface area contributed by atoms with E-state index in [4.69, 9.17) is 21.3 Å². The van der Waals surface area contributed by atoms with Gasteiger partial charge in [-0.1, -0.05) is 0 Å². The molecular weight excluding hydrogens is 344 g/mol. The highest BCUT2D eigenvalue weighted by atomic mass is 16.6. The number of rotatable bonds is 7. The average molecular weight is 366 g/mol. The molecule has 0 unspecified atom stereocenters. The standard InChI is InChI=1S/C15H22N6O5/c16-7(2-1-3-9(22)23)4-8-11(24)12(25)15(26-8)21-6-20-10-13(17)18-5-19-14(10)21/h5-8,11-12,15,24-25H,1-4,16H2,(H,22,23)(H2,17,18,19)/t7-,8+,11+,12+,15+/m0/s1. The number of carbonyl (C=O) groups is 1. The van der Waals surface area contributed by atoms with Crippen molar-refractivity contribution in [2.24, 2.45) is 5.73 Å². The topological polar surface area (TPSA) is 183 Å². The summed E-state index contributed by atoms with van der Waals surface area (Å²) in [5, 5.41) is 29.3. The van der Waals surface area contributed by atoms with Crippen molar-refractivity contribution in [3.05, 3.63) is 12.7 Å². The second-order valence-electron chi connectivity index (χ2n) is 6.41. The molecule has 0 aromatic carbocycles. The minimum atomic E-state index is -1.19. The molecule has 0 amide bonds. The molecule has 0 radical (unpaired) electrons. The lowest BCUT2D eigenvalue weighted by atomic mass is 10.00. The Balaban J connectivity index is 1.69. The number of aliphatic hydroxyl groups is 2. The second kappa shape index (κ2) is 7.50. The molecule has 11 nitrogen and oxygen atoms in total. The van der Waals surface area contributed by atoms with Crippen molar-refractivity contribution >= 4 is 23.0 Å². The first-order valence-electron chi connectivity index (χ1n) is 8.30. The van der Waals surface area contributed by atoms with E-state index < -0.39 is 30.5 Å². The first-order valence-corrected chi connectivity index (χ1v) is 8.30. The van der Waals surface area contributed by atoms with Crippen molar-refractivity contribution in [3.63, 3.8) is 0 Å². The van der Waals surface area contributed by atoms with Gasteiger partial charge in [-0.2, -0.15) is 0 Å². The zero-order chi connectivity index (χ0) is 18.8. The van der Waals surface area contributed by atoms with Crippen LogP contribution in [0.4, 0.5) is 5.82 Å². The van der Waals surface area contributed by atoms with Gasteiger partial charge in [0.1, 0.15) is 24.1 Å². The van der Waals surface area contributed by atoms with Crippen LogP contribution in [0.25, 0.3) is 11.2 Å². The molecule has 3 rings (SSSR count). The van der Waals surface area contributed by atoms with E-state index in [0.717, 1.165) is 0 Å². The highest BCUT2D eigenvalue weighted by molar-refractivity contribution is 5.81. The summed E-state index contributed by atoms with van der Waals surface area (Å²) < 4.78 is 7.30. The van der Waals surface area contributed by atoms with Gasteiger partial charge in [-0.25, -0.2) is 15.0 Å². The summed E-state index contributed by atoms with van der Waals surface area (Å²) in [6, 6.07) is -0.350. The normalized spacial score (nSPS) is 27.0. The minimum Gasteiger partial charge on any atom is -0.481 e. The second-order valence-corrected chi connectivity index (χ2v) is 6.41. The molecule has 0 bridgehead atoms. The number of aromatic nitrogens is 4. The molecule has 0 spiro atoms. The lowest BCUT2D eigenvalue weighted by molar-refractivity contribution is -0.137. The van der Waals surface area contributed by atoms with Crippen LogP contribution >= 0.6 is 0 Å². The van der Waals surface area contributed by atoms with Crippen LogP contribution in [0.3, 0.4) is 0 Å². The number of fused-ring (bicyclic) bond motifs is 1. The maximum absolute atomic E-state index is 10.6. The fraction of sp³-hybridized carbons (Fsp3) is 0.600. The van der Waals surface area contributed by atoms with Crippen LogP contribution < -0.4 is 11.5 Å². The number of anilines is 1. The van der Waals surface area contributed by atoms with Gasteiger partial charge in [0.2, 0.25) is 0 Å². The third kappa shape index (κ3) is 3.60. The van der Waals surface area contributed by atoms with Crippen molar-refractivity contribution in [1.82, 2.24) is 19.5 Å². The molecule has 5 atom stereocenters. The summed E-state index contributed by atoms with van der Waals surface area (Å²) in [6.45, 7) is 0. The summed E-state index contributed by atoms with van der Waals surface area (Å²) >= 11 is 0. The van der Waals surface area contributed by atoms with Crippen molar-refractivity contribution < 1.29 is 24.9 Å². The third-order valence-electron chi connectivity index (χ3n) is 4.50. The van der Waals surface area contributed by atoms with Gasteiger partial charge in [0.25, 0.3) is 0 Å². The lowest BCUT2D eigenvalue weighted by Gasteiger charge is -2.19. The van der Waals surface area contributed by atoms with Gasteiger partial charge in [-0.05, 0) is 19.3 Å². The quantitative estimate of drug-likeness (QED) is 0.407. The van der Waals surface area contributed by atoms with E-state index in [-0.39, 0.29) is 24.7 Å². The number of aliphatic hydroxyl groups excluding tert-OH is 2. The van der Waals surface area contributed by atoms with Crippen molar-refractivity contribution in [2.75, 3.05) is 5.73 Å². The minimum absolute atomic E-state index is 0.0369. The van der Waals surface area contributed by atoms with Crippen LogP contribution in [-0.4, -0.2) is 65.2 Å². The Kier molecular flexibility index (Phi) is 5.32. The number of ether oxygens (including phenoxy) is 1. The van der Waals surface area contributed by atoms with Crippen LogP contribution in [0.2, 0.25) is 0 Å². The molecule has 7 N–H and O–H groups in total. The number of carboxylic acid groups (broad SMARTS) is 1. The Morgan fingerprint density at radius 1 is 1.31 bits per heavy atom. The zero-order valence-electron chi connectivity index (χ0n) is 14.0. The number of nitrogens with two attached hydrogens (primary N) is 2.